The fourth-order valence-electron chi connectivity index (χ4n) is 3.37. The summed E-state index contributed by atoms with van der Waals surface area (Å²) in [5, 5.41) is 9.29. The van der Waals surface area contributed by atoms with Crippen LogP contribution in [-0.2, 0) is 20.9 Å². The highest BCUT2D eigenvalue weighted by Gasteiger charge is 2.12. The summed E-state index contributed by atoms with van der Waals surface area (Å²) in [5.74, 6) is -1.25. The highest BCUT2D eigenvalue weighted by atomic mass is 32.1. The molecule has 2 aromatic heterocycles. The zero-order chi connectivity index (χ0) is 24.6. The van der Waals surface area contributed by atoms with Gasteiger partial charge in [-0.3, -0.25) is 14.3 Å². The molecule has 0 radical (unpaired) electrons. The lowest BCUT2D eigenvalue weighted by atomic mass is 10.1. The van der Waals surface area contributed by atoms with E-state index in [2.05, 4.69) is 5.32 Å². The van der Waals surface area contributed by atoms with E-state index in [0.717, 1.165) is 21.7 Å². The van der Waals surface area contributed by atoms with Crippen molar-refractivity contribution >= 4 is 40.8 Å². The van der Waals surface area contributed by atoms with E-state index in [1.165, 1.54) is 13.0 Å². The molecule has 35 heavy (non-hydrogen) atoms. The second-order valence-electron chi connectivity index (χ2n) is 7.72. The predicted octanol–water partition coefficient (Wildman–Crippen LogP) is 5.06. The Morgan fingerprint density at radius 3 is 2.63 bits per heavy atom. The lowest BCUT2D eigenvalue weighted by molar-refractivity contribution is -0.142. The first-order valence-electron chi connectivity index (χ1n) is 10.9. The third-order valence-corrected chi connectivity index (χ3v) is 5.91. The summed E-state index contributed by atoms with van der Waals surface area (Å²) in [6.45, 7) is 1.60. The van der Waals surface area contributed by atoms with E-state index in [0.29, 0.717) is 17.8 Å². The Balaban J connectivity index is 1.39. The van der Waals surface area contributed by atoms with Crippen molar-refractivity contribution in [3.8, 4) is 10.6 Å². The summed E-state index contributed by atoms with van der Waals surface area (Å²) in [7, 11) is 0. The molecule has 1 amide bonds. The second kappa shape index (κ2) is 11.2. The monoisotopic (exact) mass is 485 g/mol. The molecule has 0 spiro atoms. The van der Waals surface area contributed by atoms with Gasteiger partial charge in [0.15, 0.2) is 12.4 Å². The molecule has 2 heterocycles. The van der Waals surface area contributed by atoms with E-state index in [1.807, 2.05) is 58.7 Å². The molecule has 0 saturated carbocycles. The average molecular weight is 486 g/mol. The molecule has 8 heteroatoms. The van der Waals surface area contributed by atoms with Gasteiger partial charge in [-0.15, -0.1) is 11.3 Å². The van der Waals surface area contributed by atoms with E-state index in [4.69, 9.17) is 9.84 Å². The number of ketones is 1. The van der Waals surface area contributed by atoms with Crippen LogP contribution >= 0.6 is 11.3 Å². The Morgan fingerprint density at radius 2 is 1.89 bits per heavy atom. The molecule has 0 saturated heterocycles. The number of amides is 1. The first kappa shape index (κ1) is 23.8. The van der Waals surface area contributed by atoms with Crippen LogP contribution in [0.15, 0.2) is 84.4 Å². The fraction of sp³-hybridized carbons (Fsp3) is 0.111. The van der Waals surface area contributed by atoms with Crippen molar-refractivity contribution in [1.82, 2.24) is 9.78 Å². The third kappa shape index (κ3) is 6.61. The number of carbonyl (C=O) groups excluding carboxylic acids is 3. The number of nitrogens with one attached hydrogen (secondary N) is 1. The zero-order valence-corrected chi connectivity index (χ0v) is 19.8. The van der Waals surface area contributed by atoms with Crippen molar-refractivity contribution in [1.29, 1.82) is 0 Å². The summed E-state index contributed by atoms with van der Waals surface area (Å²) in [4.78, 5) is 36.9. The van der Waals surface area contributed by atoms with Crippen LogP contribution in [0, 0.1) is 0 Å². The number of nitrogens with zero attached hydrogens (tertiary/aromatic N) is 2. The molecule has 2 aromatic carbocycles. The number of carbonyl (C=O) groups is 3. The summed E-state index contributed by atoms with van der Waals surface area (Å²) >= 11 is 1.56. The first-order chi connectivity index (χ1) is 17.0. The van der Waals surface area contributed by atoms with Crippen molar-refractivity contribution in [3.63, 3.8) is 0 Å². The van der Waals surface area contributed by atoms with Gasteiger partial charge in [-0.1, -0.05) is 48.5 Å². The molecule has 0 atom stereocenters. The van der Waals surface area contributed by atoms with Gasteiger partial charge in [0.2, 0.25) is 0 Å². The molecule has 4 aromatic rings. The van der Waals surface area contributed by atoms with Crippen LogP contribution in [0.2, 0.25) is 0 Å². The number of anilines is 1. The molecule has 0 fully saturated rings. The van der Waals surface area contributed by atoms with Gasteiger partial charge in [0.25, 0.3) is 5.91 Å². The number of benzene rings is 2. The van der Waals surface area contributed by atoms with E-state index in [9.17, 15) is 14.4 Å². The van der Waals surface area contributed by atoms with Gasteiger partial charge in [0, 0.05) is 29.1 Å². The Kier molecular flexibility index (Phi) is 7.64. The number of hydrogen-bond acceptors (Lipinski definition) is 6. The van der Waals surface area contributed by atoms with E-state index in [1.54, 1.807) is 41.7 Å². The van der Waals surface area contributed by atoms with Crippen LogP contribution in [-0.4, -0.2) is 34.0 Å². The maximum atomic E-state index is 12.3. The summed E-state index contributed by atoms with van der Waals surface area (Å²) in [6, 6.07) is 20.5. The van der Waals surface area contributed by atoms with Crippen LogP contribution in [0.5, 0.6) is 0 Å². The second-order valence-corrected chi connectivity index (χ2v) is 8.67. The van der Waals surface area contributed by atoms with Gasteiger partial charge < -0.3 is 10.1 Å². The van der Waals surface area contributed by atoms with Crippen LogP contribution < -0.4 is 5.32 Å². The molecule has 4 rings (SSSR count). The topological polar surface area (TPSA) is 90.3 Å². The van der Waals surface area contributed by atoms with Gasteiger partial charge in [0.1, 0.15) is 5.69 Å². The van der Waals surface area contributed by atoms with Crippen molar-refractivity contribution in [2.45, 2.75) is 13.5 Å². The SMILES string of the molecule is CC(=O)c1cccc(NC(=O)COC(=O)/C=C/c2cn(Cc3ccccc3)nc2-c2cccs2)c1. The molecular weight excluding hydrogens is 462 g/mol. The Bertz CT molecular complexity index is 1360. The number of ether oxygens (including phenoxy) is 1. The molecular formula is C27H23N3O4S. The van der Waals surface area contributed by atoms with Gasteiger partial charge in [-0.25, -0.2) is 4.79 Å². The fourth-order valence-corrected chi connectivity index (χ4v) is 4.10. The number of Topliss-reactive ketones (excluding diaryl/α,β-unsaturated/α-hetero) is 1. The smallest absolute Gasteiger partial charge is 0.331 e. The lowest BCUT2D eigenvalue weighted by Crippen LogP contribution is -2.20. The molecule has 0 aliphatic carbocycles. The number of hydrogen-bond donors (Lipinski definition) is 1. The van der Waals surface area contributed by atoms with Crippen molar-refractivity contribution < 1.29 is 19.1 Å². The predicted molar refractivity (Wildman–Crippen MR) is 136 cm³/mol. The van der Waals surface area contributed by atoms with Crippen LogP contribution in [0.1, 0.15) is 28.4 Å². The van der Waals surface area contributed by atoms with Crippen molar-refractivity contribution in [2.75, 3.05) is 11.9 Å². The number of aromatic nitrogens is 2. The maximum Gasteiger partial charge on any atom is 0.331 e. The lowest BCUT2D eigenvalue weighted by Gasteiger charge is -2.06. The Hall–Kier alpha value is -4.30. The normalized spacial score (nSPS) is 10.9. The van der Waals surface area contributed by atoms with Gasteiger partial charge in [0.05, 0.1) is 11.4 Å². The summed E-state index contributed by atoms with van der Waals surface area (Å²) in [6.07, 6.45) is 4.80. The van der Waals surface area contributed by atoms with Gasteiger partial charge in [-0.05, 0) is 42.1 Å². The first-order valence-corrected chi connectivity index (χ1v) is 11.8. The minimum Gasteiger partial charge on any atom is -0.452 e. The number of esters is 1. The Morgan fingerprint density at radius 1 is 1.06 bits per heavy atom. The molecule has 176 valence electrons. The molecule has 0 unspecified atom stereocenters. The maximum absolute atomic E-state index is 12.3. The van der Waals surface area contributed by atoms with E-state index < -0.39 is 18.5 Å². The van der Waals surface area contributed by atoms with Crippen molar-refractivity contribution in [2.24, 2.45) is 0 Å². The van der Waals surface area contributed by atoms with Gasteiger partial charge >= 0.3 is 5.97 Å². The summed E-state index contributed by atoms with van der Waals surface area (Å²) < 4.78 is 6.91. The highest BCUT2D eigenvalue weighted by Crippen LogP contribution is 2.27. The van der Waals surface area contributed by atoms with E-state index >= 15 is 0 Å². The number of thiophene rings is 1. The van der Waals surface area contributed by atoms with Crippen molar-refractivity contribution in [3.05, 3.63) is 101 Å². The van der Waals surface area contributed by atoms with Gasteiger partial charge in [-0.2, -0.15) is 5.10 Å². The molecule has 0 bridgehead atoms. The quantitative estimate of drug-likeness (QED) is 0.203. The highest BCUT2D eigenvalue weighted by molar-refractivity contribution is 7.13. The third-order valence-electron chi connectivity index (χ3n) is 5.03. The average Bonchev–Trinajstić information content (AvgIpc) is 3.52. The standard InChI is InChI=1S/C27H23N3O4S/c1-19(31)21-9-5-10-23(15-21)28-25(32)18-34-26(33)13-12-22-17-30(16-20-7-3-2-4-8-20)29-27(22)24-11-6-14-35-24/h2-15,17H,16,18H2,1H3,(H,28,32)/b13-12+. The van der Waals surface area contributed by atoms with Crippen LogP contribution in [0.4, 0.5) is 5.69 Å². The Labute approximate surface area is 206 Å². The van der Waals surface area contributed by atoms with E-state index in [-0.39, 0.29) is 5.78 Å². The minimum absolute atomic E-state index is 0.105. The van der Waals surface area contributed by atoms with Crippen LogP contribution in [0.3, 0.4) is 0 Å². The number of rotatable bonds is 9. The van der Waals surface area contributed by atoms with Crippen LogP contribution in [0.25, 0.3) is 16.6 Å². The summed E-state index contributed by atoms with van der Waals surface area (Å²) in [5.41, 5.74) is 3.59. The zero-order valence-electron chi connectivity index (χ0n) is 19.0. The largest absolute Gasteiger partial charge is 0.452 e. The molecule has 0 aliphatic heterocycles. The molecule has 1 N–H and O–H groups in total. The minimum atomic E-state index is -0.648. The molecule has 7 nitrogen and oxygen atoms in total. The molecule has 0 aliphatic rings.